The van der Waals surface area contributed by atoms with Crippen molar-refractivity contribution in [1.29, 1.82) is 0 Å². The zero-order valence-electron chi connectivity index (χ0n) is 7.12. The molecule has 0 radical (unpaired) electrons. The summed E-state index contributed by atoms with van der Waals surface area (Å²) in [6.07, 6.45) is -5.86. The topological polar surface area (TPSA) is 9.23 Å². The van der Waals surface area contributed by atoms with E-state index >= 15 is 0 Å². The number of hydrogen-bond acceptors (Lipinski definition) is 1. The van der Waals surface area contributed by atoms with Crippen LogP contribution in [0.3, 0.4) is 0 Å². The standard InChI is InChI=1S/C6H13F3OSi/c1-5(7)6(8,9)10-11(2,3)4/h5H,1-4H3. The molecular weight excluding hydrogens is 173 g/mol. The van der Waals surface area contributed by atoms with E-state index < -0.39 is 20.6 Å². The van der Waals surface area contributed by atoms with Crippen molar-refractivity contribution < 1.29 is 17.6 Å². The monoisotopic (exact) mass is 186 g/mol. The van der Waals surface area contributed by atoms with Gasteiger partial charge in [0.1, 0.15) is 0 Å². The van der Waals surface area contributed by atoms with Crippen LogP contribution in [0.5, 0.6) is 0 Å². The molecule has 0 saturated heterocycles. The molecule has 0 aromatic carbocycles. The van der Waals surface area contributed by atoms with Crippen molar-refractivity contribution in [3.8, 4) is 0 Å². The minimum absolute atomic E-state index is 0.792. The van der Waals surface area contributed by atoms with Gasteiger partial charge in [0.2, 0.25) is 0 Å². The second-order valence-corrected chi connectivity index (χ2v) is 7.82. The van der Waals surface area contributed by atoms with Crippen molar-refractivity contribution in [3.63, 3.8) is 0 Å². The van der Waals surface area contributed by atoms with Gasteiger partial charge < -0.3 is 4.43 Å². The van der Waals surface area contributed by atoms with Gasteiger partial charge in [-0.25, -0.2) is 4.39 Å². The van der Waals surface area contributed by atoms with Gasteiger partial charge in [0.25, 0.3) is 0 Å². The molecular formula is C6H13F3OSi. The smallest absolute Gasteiger partial charge is 0.361 e. The van der Waals surface area contributed by atoms with E-state index in [4.69, 9.17) is 0 Å². The summed E-state index contributed by atoms with van der Waals surface area (Å²) in [5.74, 6) is 0. The summed E-state index contributed by atoms with van der Waals surface area (Å²) in [7, 11) is -2.35. The largest absolute Gasteiger partial charge is 0.377 e. The lowest BCUT2D eigenvalue weighted by molar-refractivity contribution is -0.221. The van der Waals surface area contributed by atoms with Crippen LogP contribution >= 0.6 is 0 Å². The number of alkyl halides is 3. The van der Waals surface area contributed by atoms with E-state index in [0.717, 1.165) is 6.92 Å². The van der Waals surface area contributed by atoms with E-state index in [2.05, 4.69) is 4.43 Å². The third-order valence-electron chi connectivity index (χ3n) is 0.905. The highest BCUT2D eigenvalue weighted by Gasteiger charge is 2.42. The zero-order chi connectivity index (χ0) is 9.28. The molecule has 0 fully saturated rings. The molecule has 0 amide bonds. The lowest BCUT2D eigenvalue weighted by Crippen LogP contribution is -2.41. The molecule has 0 rings (SSSR count). The molecule has 0 aliphatic carbocycles. The van der Waals surface area contributed by atoms with Crippen LogP contribution in [0.2, 0.25) is 19.6 Å². The Bertz CT molecular complexity index is 130. The second kappa shape index (κ2) is 3.14. The molecule has 1 atom stereocenters. The fourth-order valence-electron chi connectivity index (χ4n) is 0.489. The highest BCUT2D eigenvalue weighted by molar-refractivity contribution is 6.69. The van der Waals surface area contributed by atoms with Crippen molar-refractivity contribution in [1.82, 2.24) is 0 Å². The fourth-order valence-corrected chi connectivity index (χ4v) is 1.47. The van der Waals surface area contributed by atoms with Gasteiger partial charge in [-0.15, -0.1) is 0 Å². The molecule has 68 valence electrons. The average Bonchev–Trinajstić information content (AvgIpc) is 1.56. The Hall–Kier alpha value is -0.0331. The predicted molar refractivity (Wildman–Crippen MR) is 39.9 cm³/mol. The summed E-state index contributed by atoms with van der Waals surface area (Å²) < 4.78 is 41.4. The second-order valence-electron chi connectivity index (χ2n) is 3.39. The predicted octanol–water partition coefficient (Wildman–Crippen LogP) is 2.79. The zero-order valence-corrected chi connectivity index (χ0v) is 8.12. The van der Waals surface area contributed by atoms with E-state index in [9.17, 15) is 13.2 Å². The molecule has 0 heterocycles. The first-order chi connectivity index (χ1) is 4.65. The van der Waals surface area contributed by atoms with Crippen LogP contribution in [0, 0.1) is 0 Å². The molecule has 0 N–H and O–H groups in total. The number of hydrogen-bond donors (Lipinski definition) is 0. The molecule has 0 spiro atoms. The molecule has 1 nitrogen and oxygen atoms in total. The Labute approximate surface area is 65.7 Å². The van der Waals surface area contributed by atoms with Gasteiger partial charge in [-0.05, 0) is 26.6 Å². The maximum Gasteiger partial charge on any atom is 0.377 e. The van der Waals surface area contributed by atoms with E-state index in [1.54, 1.807) is 19.6 Å². The normalized spacial score (nSPS) is 16.6. The highest BCUT2D eigenvalue weighted by atomic mass is 28.4. The molecule has 0 aliphatic rings. The first-order valence-corrected chi connectivity index (χ1v) is 6.78. The van der Waals surface area contributed by atoms with Crippen LogP contribution in [0.25, 0.3) is 0 Å². The quantitative estimate of drug-likeness (QED) is 0.616. The van der Waals surface area contributed by atoms with Crippen LogP contribution in [0.15, 0.2) is 0 Å². The van der Waals surface area contributed by atoms with Crippen molar-refractivity contribution >= 4 is 8.32 Å². The molecule has 0 saturated carbocycles. The van der Waals surface area contributed by atoms with Gasteiger partial charge in [-0.1, -0.05) is 0 Å². The van der Waals surface area contributed by atoms with Gasteiger partial charge in [-0.2, -0.15) is 8.78 Å². The average molecular weight is 186 g/mol. The number of rotatable bonds is 3. The summed E-state index contributed by atoms with van der Waals surface area (Å²) in [5.41, 5.74) is 0. The van der Waals surface area contributed by atoms with E-state index in [1.165, 1.54) is 0 Å². The van der Waals surface area contributed by atoms with E-state index in [1.807, 2.05) is 0 Å². The molecule has 11 heavy (non-hydrogen) atoms. The fraction of sp³-hybridized carbons (Fsp3) is 1.00. The lowest BCUT2D eigenvalue weighted by atomic mass is 10.4. The maximum absolute atomic E-state index is 12.5. The number of halogens is 3. The van der Waals surface area contributed by atoms with Crippen molar-refractivity contribution in [3.05, 3.63) is 0 Å². The summed E-state index contributed by atoms with van der Waals surface area (Å²) in [5, 5.41) is 0. The molecule has 1 unspecified atom stereocenters. The van der Waals surface area contributed by atoms with Crippen molar-refractivity contribution in [2.45, 2.75) is 38.8 Å². The minimum atomic E-state index is -3.62. The summed E-state index contributed by atoms with van der Waals surface area (Å²) in [4.78, 5) is 0. The van der Waals surface area contributed by atoms with Crippen molar-refractivity contribution in [2.24, 2.45) is 0 Å². The van der Waals surface area contributed by atoms with Crippen LogP contribution in [-0.4, -0.2) is 20.6 Å². The summed E-state index contributed by atoms with van der Waals surface area (Å²) in [6, 6.07) is 0. The Morgan fingerprint density at radius 1 is 1.27 bits per heavy atom. The lowest BCUT2D eigenvalue weighted by Gasteiger charge is -2.26. The van der Waals surface area contributed by atoms with Gasteiger partial charge in [0.05, 0.1) is 0 Å². The molecule has 5 heteroatoms. The van der Waals surface area contributed by atoms with Gasteiger partial charge in [0.15, 0.2) is 14.5 Å². The van der Waals surface area contributed by atoms with E-state index in [0.29, 0.717) is 0 Å². The molecule has 0 aromatic heterocycles. The van der Waals surface area contributed by atoms with Gasteiger partial charge in [-0.3, -0.25) is 0 Å². The van der Waals surface area contributed by atoms with Crippen LogP contribution in [0.4, 0.5) is 13.2 Å². The van der Waals surface area contributed by atoms with Gasteiger partial charge in [0, 0.05) is 0 Å². The van der Waals surface area contributed by atoms with Crippen molar-refractivity contribution in [2.75, 3.05) is 0 Å². The molecule has 0 bridgehead atoms. The van der Waals surface area contributed by atoms with Gasteiger partial charge >= 0.3 is 6.11 Å². The van der Waals surface area contributed by atoms with Crippen LogP contribution in [0.1, 0.15) is 6.92 Å². The SMILES string of the molecule is CC(F)C(F)(F)O[Si](C)(C)C. The first kappa shape index (κ1) is 11.0. The summed E-state index contributed by atoms with van der Waals surface area (Å²) >= 11 is 0. The van der Waals surface area contributed by atoms with Crippen LogP contribution < -0.4 is 0 Å². The Kier molecular flexibility index (Phi) is 3.13. The third kappa shape index (κ3) is 4.42. The summed E-state index contributed by atoms with van der Waals surface area (Å²) in [6.45, 7) is 5.55. The Balaban J connectivity index is 4.13. The highest BCUT2D eigenvalue weighted by Crippen LogP contribution is 2.26. The van der Waals surface area contributed by atoms with Crippen LogP contribution in [-0.2, 0) is 4.43 Å². The van der Waals surface area contributed by atoms with E-state index in [-0.39, 0.29) is 0 Å². The maximum atomic E-state index is 12.5. The minimum Gasteiger partial charge on any atom is -0.361 e. The Morgan fingerprint density at radius 2 is 1.64 bits per heavy atom. The third-order valence-corrected chi connectivity index (χ3v) is 1.79. The Morgan fingerprint density at radius 3 is 1.73 bits per heavy atom. The first-order valence-electron chi connectivity index (χ1n) is 3.37. The molecule has 0 aromatic rings. The molecule has 0 aliphatic heterocycles.